The van der Waals surface area contributed by atoms with Crippen LogP contribution in [0.15, 0.2) is 36.7 Å². The summed E-state index contributed by atoms with van der Waals surface area (Å²) in [7, 11) is -1.42. The Kier molecular flexibility index (Phi) is 7.57. The molecule has 1 fully saturated rings. The molecular formula is C25H36FN5O3S. The van der Waals surface area contributed by atoms with Crippen LogP contribution < -0.4 is 9.62 Å². The van der Waals surface area contributed by atoms with Crippen molar-refractivity contribution in [2.45, 2.75) is 64.8 Å². The van der Waals surface area contributed by atoms with Gasteiger partial charge in [0.15, 0.2) is 0 Å². The van der Waals surface area contributed by atoms with Crippen LogP contribution in [0.5, 0.6) is 0 Å². The number of halogens is 1. The van der Waals surface area contributed by atoms with Crippen LogP contribution in [0.3, 0.4) is 0 Å². The minimum absolute atomic E-state index is 0.211. The van der Waals surface area contributed by atoms with Crippen LogP contribution >= 0.6 is 0 Å². The van der Waals surface area contributed by atoms with Crippen LogP contribution in [0.1, 0.15) is 59.6 Å². The van der Waals surface area contributed by atoms with Gasteiger partial charge in [0, 0.05) is 37.6 Å². The van der Waals surface area contributed by atoms with Gasteiger partial charge in [0.2, 0.25) is 5.95 Å². The Balaban J connectivity index is 1.93. The minimum Gasteiger partial charge on any atom is -0.465 e. The lowest BCUT2D eigenvalue weighted by atomic mass is 9.84. The number of nitrogens with zero attached hydrogens (tertiary/aromatic N) is 4. The molecule has 0 bridgehead atoms. The maximum Gasteiger partial charge on any atom is 0.407 e. The van der Waals surface area contributed by atoms with Crippen LogP contribution in [0.4, 0.5) is 15.1 Å². The van der Waals surface area contributed by atoms with Crippen LogP contribution in [0, 0.1) is 11.2 Å². The molecule has 3 atom stereocenters. The highest BCUT2D eigenvalue weighted by Crippen LogP contribution is 2.32. The summed E-state index contributed by atoms with van der Waals surface area (Å²) >= 11 is 0. The van der Waals surface area contributed by atoms with Gasteiger partial charge in [0.05, 0.1) is 27.3 Å². The average Bonchev–Trinajstić information content (AvgIpc) is 2.77. The normalized spacial score (nSPS) is 19.8. The first-order valence-electron chi connectivity index (χ1n) is 11.7. The molecule has 1 aliphatic rings. The largest absolute Gasteiger partial charge is 0.465 e. The van der Waals surface area contributed by atoms with Crippen molar-refractivity contribution in [3.05, 3.63) is 53.6 Å². The Bertz CT molecular complexity index is 1070. The van der Waals surface area contributed by atoms with Crippen LogP contribution in [0.25, 0.3) is 0 Å². The quantitative estimate of drug-likeness (QED) is 0.634. The summed E-state index contributed by atoms with van der Waals surface area (Å²) in [6.07, 6.45) is 2.46. The second-order valence-corrected chi connectivity index (χ2v) is 13.2. The standard InChI is InChI=1S/C25H36FN5O3S/c1-23(2,3)20-16-30(12-13-31(20)22(32)33)21-27-14-18(15-28-21)25(7,29-35(34)24(4,5)6)17-8-10-19(26)11-9-17/h8-11,14-15,20,29H,12-13,16H2,1-7H3,(H,32,33)/t20?,25-,35?/m0/s1. The summed E-state index contributed by atoms with van der Waals surface area (Å²) < 4.78 is 29.4. The molecule has 2 N–H and O–H groups in total. The first-order valence-corrected chi connectivity index (χ1v) is 12.8. The van der Waals surface area contributed by atoms with Gasteiger partial charge >= 0.3 is 6.09 Å². The number of carboxylic acid groups (broad SMARTS) is 1. The average molecular weight is 506 g/mol. The predicted octanol–water partition coefficient (Wildman–Crippen LogP) is 4.15. The number of carbonyl (C=O) groups is 1. The molecule has 2 unspecified atom stereocenters. The molecule has 2 heterocycles. The summed E-state index contributed by atoms with van der Waals surface area (Å²) in [5.74, 6) is 0.153. The highest BCUT2D eigenvalue weighted by Gasteiger charge is 2.39. The lowest BCUT2D eigenvalue weighted by molar-refractivity contribution is 0.0745. The van der Waals surface area contributed by atoms with Crippen molar-refractivity contribution in [3.8, 4) is 0 Å². The maximum absolute atomic E-state index is 13.6. The van der Waals surface area contributed by atoms with Gasteiger partial charge in [0.25, 0.3) is 0 Å². The van der Waals surface area contributed by atoms with Crippen LogP contribution in [-0.2, 0) is 16.5 Å². The minimum atomic E-state index is -1.42. The van der Waals surface area contributed by atoms with Crippen LogP contribution in [-0.4, -0.2) is 60.7 Å². The van der Waals surface area contributed by atoms with Gasteiger partial charge in [-0.25, -0.2) is 28.1 Å². The fourth-order valence-corrected chi connectivity index (χ4v) is 5.00. The number of anilines is 1. The van der Waals surface area contributed by atoms with E-state index in [0.29, 0.717) is 31.1 Å². The molecule has 0 aliphatic carbocycles. The highest BCUT2D eigenvalue weighted by molar-refractivity contribution is 7.84. The molecule has 0 radical (unpaired) electrons. The number of amides is 1. The molecule has 1 aromatic carbocycles. The van der Waals surface area contributed by atoms with Gasteiger partial charge in [-0.15, -0.1) is 0 Å². The summed E-state index contributed by atoms with van der Waals surface area (Å²) in [6.45, 7) is 14.9. The zero-order valence-corrected chi connectivity index (χ0v) is 22.3. The number of aromatic nitrogens is 2. The van der Waals surface area contributed by atoms with Crippen LogP contribution in [0.2, 0.25) is 0 Å². The molecule has 1 amide bonds. The highest BCUT2D eigenvalue weighted by atomic mass is 32.2. The molecule has 8 nitrogen and oxygen atoms in total. The van der Waals surface area contributed by atoms with Crippen molar-refractivity contribution in [2.24, 2.45) is 5.41 Å². The summed E-state index contributed by atoms with van der Waals surface area (Å²) in [5.41, 5.74) is 0.233. The zero-order chi connectivity index (χ0) is 26.2. The third-order valence-corrected chi connectivity index (χ3v) is 8.10. The van der Waals surface area contributed by atoms with Gasteiger partial charge < -0.3 is 14.9 Å². The Labute approximate surface area is 209 Å². The van der Waals surface area contributed by atoms with Gasteiger partial charge in [-0.2, -0.15) is 0 Å². The molecule has 1 aromatic heterocycles. The lowest BCUT2D eigenvalue weighted by Gasteiger charge is -2.46. The van der Waals surface area contributed by atoms with Crippen molar-refractivity contribution >= 4 is 23.0 Å². The van der Waals surface area contributed by atoms with E-state index in [1.54, 1.807) is 24.5 Å². The fraction of sp³-hybridized carbons (Fsp3) is 0.560. The van der Waals surface area contributed by atoms with Crippen molar-refractivity contribution in [3.63, 3.8) is 0 Å². The number of rotatable bonds is 5. The van der Waals surface area contributed by atoms with Gasteiger partial charge in [0.1, 0.15) is 5.82 Å². The molecule has 2 aromatic rings. The summed E-state index contributed by atoms with van der Waals surface area (Å²) in [5, 5.41) is 9.63. The molecule has 0 saturated carbocycles. The van der Waals surface area contributed by atoms with Gasteiger partial charge in [-0.1, -0.05) is 32.9 Å². The van der Waals surface area contributed by atoms with E-state index in [2.05, 4.69) is 14.7 Å². The topological polar surface area (TPSA) is 98.7 Å². The molecule has 1 aliphatic heterocycles. The lowest BCUT2D eigenvalue weighted by Crippen LogP contribution is -2.59. The summed E-state index contributed by atoms with van der Waals surface area (Å²) in [6, 6.07) is 5.86. The molecular weight excluding hydrogens is 469 g/mol. The molecule has 192 valence electrons. The predicted molar refractivity (Wildman–Crippen MR) is 136 cm³/mol. The first-order chi connectivity index (χ1) is 16.1. The monoisotopic (exact) mass is 505 g/mol. The van der Waals surface area contributed by atoms with E-state index in [-0.39, 0.29) is 17.3 Å². The SMILES string of the molecule is CC(C)(C)C1CN(c2ncc([C@@](C)(NS(=O)C(C)(C)C)c3ccc(F)cc3)cn2)CCN1C(=O)O. The number of hydrogen-bond donors (Lipinski definition) is 2. The Morgan fingerprint density at radius 1 is 1.03 bits per heavy atom. The van der Waals surface area contributed by atoms with E-state index >= 15 is 0 Å². The second kappa shape index (κ2) is 9.81. The number of nitrogens with one attached hydrogen (secondary N) is 1. The Morgan fingerprint density at radius 2 is 1.60 bits per heavy atom. The van der Waals surface area contributed by atoms with Crippen molar-refractivity contribution in [1.29, 1.82) is 0 Å². The molecule has 10 heteroatoms. The smallest absolute Gasteiger partial charge is 0.407 e. The molecule has 0 spiro atoms. The Morgan fingerprint density at radius 3 is 2.09 bits per heavy atom. The van der Waals surface area contributed by atoms with Crippen molar-refractivity contribution in [2.75, 3.05) is 24.5 Å². The van der Waals surface area contributed by atoms with E-state index < -0.39 is 27.4 Å². The molecule has 3 rings (SSSR count). The van der Waals surface area contributed by atoms with E-state index in [0.717, 1.165) is 5.56 Å². The molecule has 35 heavy (non-hydrogen) atoms. The molecule has 1 saturated heterocycles. The van der Waals surface area contributed by atoms with E-state index in [4.69, 9.17) is 0 Å². The fourth-order valence-electron chi connectivity index (χ4n) is 4.08. The van der Waals surface area contributed by atoms with Crippen molar-refractivity contribution in [1.82, 2.24) is 19.6 Å². The second-order valence-electron chi connectivity index (χ2n) is 11.2. The number of hydrogen-bond acceptors (Lipinski definition) is 5. The van der Waals surface area contributed by atoms with E-state index in [9.17, 15) is 18.5 Å². The number of piperazine rings is 1. The maximum atomic E-state index is 13.6. The van der Waals surface area contributed by atoms with E-state index in [1.165, 1.54) is 17.0 Å². The zero-order valence-electron chi connectivity index (χ0n) is 21.5. The van der Waals surface area contributed by atoms with Gasteiger partial charge in [-0.3, -0.25) is 0 Å². The van der Waals surface area contributed by atoms with E-state index in [1.807, 2.05) is 53.4 Å². The number of benzene rings is 1. The third kappa shape index (κ3) is 5.98. The summed E-state index contributed by atoms with van der Waals surface area (Å²) in [4.78, 5) is 24.4. The van der Waals surface area contributed by atoms with Gasteiger partial charge in [-0.05, 0) is 50.8 Å². The van der Waals surface area contributed by atoms with Crippen molar-refractivity contribution < 1.29 is 18.5 Å². The first kappa shape index (κ1) is 27.0. The Hall–Kier alpha value is -2.59. The third-order valence-electron chi connectivity index (χ3n) is 6.40.